The first-order chi connectivity index (χ1) is 13.5. The molecule has 8 heteroatoms. The lowest BCUT2D eigenvalue weighted by atomic mass is 10.2. The molecule has 0 bridgehead atoms. The number of likely N-dealkylation sites (tertiary alicyclic amines) is 1. The van der Waals surface area contributed by atoms with Gasteiger partial charge in [0.1, 0.15) is 0 Å². The molecule has 0 N–H and O–H groups in total. The molecule has 152 valence electrons. The van der Waals surface area contributed by atoms with E-state index in [1.807, 2.05) is 24.0 Å². The number of rotatable bonds is 6. The number of methoxy groups -OCH3 is 1. The van der Waals surface area contributed by atoms with Gasteiger partial charge in [0, 0.05) is 24.7 Å². The van der Waals surface area contributed by atoms with Crippen LogP contribution in [0.25, 0.3) is 10.9 Å². The first kappa shape index (κ1) is 21.3. The summed E-state index contributed by atoms with van der Waals surface area (Å²) in [7, 11) is 1.61. The third-order valence-electron chi connectivity index (χ3n) is 4.95. The topological polar surface area (TPSA) is 64.4 Å². The fourth-order valence-corrected chi connectivity index (χ4v) is 4.78. The molecule has 0 spiro atoms. The highest BCUT2D eigenvalue weighted by Gasteiger charge is 2.24. The van der Waals surface area contributed by atoms with Crippen LogP contribution in [0.2, 0.25) is 0 Å². The van der Waals surface area contributed by atoms with Crippen molar-refractivity contribution in [3.63, 3.8) is 0 Å². The lowest BCUT2D eigenvalue weighted by Crippen LogP contribution is -2.37. The van der Waals surface area contributed by atoms with Gasteiger partial charge in [-0.15, -0.1) is 0 Å². The highest BCUT2D eigenvalue weighted by Crippen LogP contribution is 2.25. The minimum atomic E-state index is -0.299. The molecule has 0 aliphatic carbocycles. The number of ether oxygens (including phenoxy) is 1. The maximum absolute atomic E-state index is 13.0. The molecular formula is C20H26BrN3O3S. The summed E-state index contributed by atoms with van der Waals surface area (Å²) in [6.07, 6.45) is 4.49. The summed E-state index contributed by atoms with van der Waals surface area (Å²) in [5, 5.41) is 0.820. The number of carbonyl (C=O) groups is 1. The molecule has 2 aromatic rings. The smallest absolute Gasteiger partial charge is 0.262 e. The monoisotopic (exact) mass is 467 g/mol. The lowest BCUT2D eigenvalue weighted by molar-refractivity contribution is -0.130. The van der Waals surface area contributed by atoms with Gasteiger partial charge in [-0.3, -0.25) is 14.2 Å². The van der Waals surface area contributed by atoms with Crippen LogP contribution in [0.1, 0.15) is 32.6 Å². The number of hydrogen-bond donors (Lipinski definition) is 0. The summed E-state index contributed by atoms with van der Waals surface area (Å²) < 4.78 is 7.63. The van der Waals surface area contributed by atoms with Gasteiger partial charge in [0.2, 0.25) is 5.91 Å². The molecule has 1 aromatic carbocycles. The van der Waals surface area contributed by atoms with Crippen molar-refractivity contribution < 1.29 is 9.53 Å². The normalized spacial score (nSPS) is 16.2. The van der Waals surface area contributed by atoms with Gasteiger partial charge in [-0.05, 0) is 38.0 Å². The van der Waals surface area contributed by atoms with E-state index in [1.54, 1.807) is 17.7 Å². The van der Waals surface area contributed by atoms with Crippen LogP contribution in [0.15, 0.2) is 32.6 Å². The minimum absolute atomic E-state index is 0.111. The van der Waals surface area contributed by atoms with Crippen LogP contribution in [0.5, 0.6) is 0 Å². The van der Waals surface area contributed by atoms with E-state index in [4.69, 9.17) is 9.72 Å². The molecule has 1 aliphatic heterocycles. The Bertz CT molecular complexity index is 894. The van der Waals surface area contributed by atoms with Gasteiger partial charge < -0.3 is 9.64 Å². The maximum Gasteiger partial charge on any atom is 0.262 e. The quantitative estimate of drug-likeness (QED) is 0.478. The van der Waals surface area contributed by atoms with Crippen LogP contribution >= 0.6 is 27.7 Å². The van der Waals surface area contributed by atoms with E-state index in [0.717, 1.165) is 30.4 Å². The van der Waals surface area contributed by atoms with E-state index < -0.39 is 0 Å². The van der Waals surface area contributed by atoms with E-state index in [-0.39, 0.29) is 16.7 Å². The molecule has 28 heavy (non-hydrogen) atoms. The van der Waals surface area contributed by atoms with Crippen LogP contribution in [-0.2, 0) is 16.1 Å². The molecule has 0 saturated carbocycles. The summed E-state index contributed by atoms with van der Waals surface area (Å²) in [6.45, 7) is 4.34. The van der Waals surface area contributed by atoms with Crippen LogP contribution in [0.4, 0.5) is 0 Å². The van der Waals surface area contributed by atoms with Gasteiger partial charge in [-0.2, -0.15) is 0 Å². The number of benzene rings is 1. The average molecular weight is 468 g/mol. The largest absolute Gasteiger partial charge is 0.383 e. The van der Waals surface area contributed by atoms with Crippen molar-refractivity contribution in [3.05, 3.63) is 33.0 Å². The van der Waals surface area contributed by atoms with Crippen molar-refractivity contribution in [2.24, 2.45) is 0 Å². The number of aromatic nitrogens is 2. The van der Waals surface area contributed by atoms with Crippen molar-refractivity contribution in [1.82, 2.24) is 14.5 Å². The Labute approximate surface area is 177 Å². The number of carbonyl (C=O) groups excluding carboxylic acids is 1. The molecule has 1 aromatic heterocycles. The maximum atomic E-state index is 13.0. The molecule has 1 atom stereocenters. The summed E-state index contributed by atoms with van der Waals surface area (Å²) in [5.41, 5.74) is 0.527. The molecule has 1 saturated heterocycles. The summed E-state index contributed by atoms with van der Waals surface area (Å²) >= 11 is 4.77. The van der Waals surface area contributed by atoms with Crippen LogP contribution in [-0.4, -0.2) is 52.4 Å². The van der Waals surface area contributed by atoms with Crippen molar-refractivity contribution in [2.75, 3.05) is 26.8 Å². The molecule has 2 heterocycles. The summed E-state index contributed by atoms with van der Waals surface area (Å²) in [6, 6.07) is 5.48. The third-order valence-corrected chi connectivity index (χ3v) is 6.52. The van der Waals surface area contributed by atoms with Crippen molar-refractivity contribution in [3.8, 4) is 0 Å². The van der Waals surface area contributed by atoms with Crippen molar-refractivity contribution >= 4 is 44.5 Å². The first-order valence-corrected chi connectivity index (χ1v) is 11.3. The highest BCUT2D eigenvalue weighted by atomic mass is 79.9. The number of hydrogen-bond acceptors (Lipinski definition) is 5. The Morgan fingerprint density at radius 2 is 2.00 bits per heavy atom. The molecule has 3 rings (SSSR count). The zero-order valence-corrected chi connectivity index (χ0v) is 18.7. The molecule has 1 amide bonds. The van der Waals surface area contributed by atoms with Gasteiger partial charge in [0.15, 0.2) is 5.16 Å². The Hall–Kier alpha value is -1.38. The second-order valence-corrected chi connectivity index (χ2v) is 9.23. The van der Waals surface area contributed by atoms with Crippen molar-refractivity contribution in [1.29, 1.82) is 0 Å². The van der Waals surface area contributed by atoms with Crippen LogP contribution in [0.3, 0.4) is 0 Å². The SMILES string of the molecule is COCCn1c(SC(C)C(=O)N2CCCCCC2)nc2ccc(Br)cc2c1=O. The third kappa shape index (κ3) is 4.96. The molecule has 6 nitrogen and oxygen atoms in total. The summed E-state index contributed by atoms with van der Waals surface area (Å²) in [4.78, 5) is 32.6. The van der Waals surface area contributed by atoms with E-state index in [2.05, 4.69) is 15.9 Å². The molecule has 1 aliphatic rings. The van der Waals surface area contributed by atoms with Crippen molar-refractivity contribution in [2.45, 2.75) is 49.6 Å². The number of fused-ring (bicyclic) bond motifs is 1. The van der Waals surface area contributed by atoms with Gasteiger partial charge in [-0.1, -0.05) is 40.5 Å². The first-order valence-electron chi connectivity index (χ1n) is 9.65. The fourth-order valence-electron chi connectivity index (χ4n) is 3.40. The molecular weight excluding hydrogens is 442 g/mol. The summed E-state index contributed by atoms with van der Waals surface area (Å²) in [5.74, 6) is 0.121. The number of amides is 1. The zero-order valence-electron chi connectivity index (χ0n) is 16.3. The second-order valence-electron chi connectivity index (χ2n) is 7.01. The van der Waals surface area contributed by atoms with Crippen LogP contribution in [0, 0.1) is 0 Å². The molecule has 1 fully saturated rings. The van der Waals surface area contributed by atoms with E-state index in [9.17, 15) is 9.59 Å². The zero-order chi connectivity index (χ0) is 20.1. The highest BCUT2D eigenvalue weighted by molar-refractivity contribution is 9.10. The van der Waals surface area contributed by atoms with E-state index in [0.29, 0.717) is 29.2 Å². The van der Waals surface area contributed by atoms with Gasteiger partial charge in [-0.25, -0.2) is 4.98 Å². The van der Waals surface area contributed by atoms with E-state index >= 15 is 0 Å². The number of thioether (sulfide) groups is 1. The van der Waals surface area contributed by atoms with Gasteiger partial charge in [0.05, 0.1) is 29.3 Å². The standard InChI is InChI=1S/C20H26BrN3O3S/c1-14(18(25)23-9-5-3-4-6-10-23)28-20-22-17-8-7-15(21)13-16(17)19(26)24(20)11-12-27-2/h7-8,13-14H,3-6,9-12H2,1-2H3. The predicted molar refractivity (Wildman–Crippen MR) is 116 cm³/mol. The number of halogens is 1. The van der Waals surface area contributed by atoms with Crippen LogP contribution < -0.4 is 5.56 Å². The average Bonchev–Trinajstić information content (AvgIpc) is 2.97. The Balaban J connectivity index is 1.90. The van der Waals surface area contributed by atoms with E-state index in [1.165, 1.54) is 24.6 Å². The fraction of sp³-hybridized carbons (Fsp3) is 0.550. The second kappa shape index (κ2) is 9.89. The minimum Gasteiger partial charge on any atom is -0.383 e. The molecule has 0 radical (unpaired) electrons. The Morgan fingerprint density at radius 3 is 2.68 bits per heavy atom. The molecule has 1 unspecified atom stereocenters. The lowest BCUT2D eigenvalue weighted by Gasteiger charge is -2.24. The van der Waals surface area contributed by atoms with Gasteiger partial charge in [0.25, 0.3) is 5.56 Å². The number of nitrogens with zero attached hydrogens (tertiary/aromatic N) is 3. The predicted octanol–water partition coefficient (Wildman–Crippen LogP) is 3.69. The Morgan fingerprint density at radius 1 is 1.29 bits per heavy atom. The van der Waals surface area contributed by atoms with Gasteiger partial charge >= 0.3 is 0 Å². The Kier molecular flexibility index (Phi) is 7.54.